The smallest absolute Gasteiger partial charge is 0.251 e. The summed E-state index contributed by atoms with van der Waals surface area (Å²) in [6, 6.07) is 6.47. The molecular weight excluding hydrogens is 244 g/mol. The van der Waals surface area contributed by atoms with Gasteiger partial charge < -0.3 is 15.6 Å². The Morgan fingerprint density at radius 3 is 2.74 bits per heavy atom. The largest absolute Gasteiger partial charge is 0.398 e. The molecule has 0 fully saturated rings. The zero-order valence-electron chi connectivity index (χ0n) is 10.2. The molecule has 19 heavy (non-hydrogen) atoms. The molecule has 0 unspecified atom stereocenters. The molecule has 0 atom stereocenters. The average Bonchev–Trinajstić information content (AvgIpc) is 2.42. The number of hydrogen-bond acceptors (Lipinski definition) is 4. The Balaban J connectivity index is 1.95. The molecule has 0 aliphatic carbocycles. The number of pyridine rings is 2. The number of amides is 1. The zero-order valence-corrected chi connectivity index (χ0v) is 10.2. The first-order chi connectivity index (χ1) is 9.15. The van der Waals surface area contributed by atoms with Crippen molar-refractivity contribution in [3.63, 3.8) is 0 Å². The van der Waals surface area contributed by atoms with Gasteiger partial charge in [-0.15, -0.1) is 0 Å². The van der Waals surface area contributed by atoms with Gasteiger partial charge in [-0.25, -0.2) is 0 Å². The van der Waals surface area contributed by atoms with E-state index in [1.165, 1.54) is 22.9 Å². The van der Waals surface area contributed by atoms with Gasteiger partial charge in [-0.1, -0.05) is 0 Å². The Hall–Kier alpha value is -2.63. The van der Waals surface area contributed by atoms with Crippen LogP contribution in [0.3, 0.4) is 0 Å². The van der Waals surface area contributed by atoms with Crippen molar-refractivity contribution in [3.05, 3.63) is 58.8 Å². The van der Waals surface area contributed by atoms with Gasteiger partial charge in [-0.05, 0) is 23.8 Å². The number of rotatable bonds is 4. The van der Waals surface area contributed by atoms with E-state index in [-0.39, 0.29) is 18.0 Å². The monoisotopic (exact) mass is 258 g/mol. The van der Waals surface area contributed by atoms with Crippen LogP contribution in [-0.4, -0.2) is 15.5 Å². The van der Waals surface area contributed by atoms with E-state index in [9.17, 15) is 9.59 Å². The average molecular weight is 258 g/mol. The van der Waals surface area contributed by atoms with Crippen molar-refractivity contribution in [2.45, 2.75) is 13.1 Å². The van der Waals surface area contributed by atoms with Gasteiger partial charge in [0.15, 0.2) is 0 Å². The maximum absolute atomic E-state index is 11.7. The van der Waals surface area contributed by atoms with Crippen molar-refractivity contribution in [2.24, 2.45) is 0 Å². The summed E-state index contributed by atoms with van der Waals surface area (Å²) in [7, 11) is 0. The Bertz CT molecular complexity index is 622. The van der Waals surface area contributed by atoms with Crippen molar-refractivity contribution < 1.29 is 4.79 Å². The first-order valence-electron chi connectivity index (χ1n) is 5.77. The van der Waals surface area contributed by atoms with Crippen LogP contribution >= 0.6 is 0 Å². The molecule has 6 nitrogen and oxygen atoms in total. The van der Waals surface area contributed by atoms with E-state index in [2.05, 4.69) is 10.3 Å². The molecule has 0 spiro atoms. The van der Waals surface area contributed by atoms with Gasteiger partial charge in [-0.3, -0.25) is 14.6 Å². The Labute approximate surface area is 109 Å². The Kier molecular flexibility index (Phi) is 3.92. The highest BCUT2D eigenvalue weighted by molar-refractivity contribution is 5.75. The minimum absolute atomic E-state index is 0.0467. The van der Waals surface area contributed by atoms with Crippen molar-refractivity contribution >= 4 is 11.6 Å². The summed E-state index contributed by atoms with van der Waals surface area (Å²) < 4.78 is 1.28. The number of aromatic nitrogens is 2. The molecular formula is C13H14N4O2. The first kappa shape index (κ1) is 12.8. The maximum atomic E-state index is 11.7. The molecule has 0 aliphatic rings. The zero-order chi connectivity index (χ0) is 13.7. The third-order valence-corrected chi connectivity index (χ3v) is 2.56. The van der Waals surface area contributed by atoms with Gasteiger partial charge in [0, 0.05) is 36.9 Å². The van der Waals surface area contributed by atoms with Crippen LogP contribution in [0.5, 0.6) is 0 Å². The van der Waals surface area contributed by atoms with Gasteiger partial charge in [0.25, 0.3) is 5.56 Å². The standard InChI is InChI=1S/C13H14N4O2/c14-11-1-2-13(19)17(8-11)9-12(18)16-7-10-3-5-15-6-4-10/h1-6,8H,7,9,14H2,(H,16,18). The number of nitrogens with one attached hydrogen (secondary N) is 1. The van der Waals surface area contributed by atoms with Crippen LogP contribution in [-0.2, 0) is 17.9 Å². The predicted molar refractivity (Wildman–Crippen MR) is 71.2 cm³/mol. The summed E-state index contributed by atoms with van der Waals surface area (Å²) in [6.45, 7) is 0.355. The molecule has 2 aromatic rings. The summed E-state index contributed by atoms with van der Waals surface area (Å²) in [5.41, 5.74) is 6.71. The second kappa shape index (κ2) is 5.81. The molecule has 2 heterocycles. The number of anilines is 1. The quantitative estimate of drug-likeness (QED) is 0.816. The summed E-state index contributed by atoms with van der Waals surface area (Å²) >= 11 is 0. The fourth-order valence-electron chi connectivity index (χ4n) is 1.59. The van der Waals surface area contributed by atoms with Crippen LogP contribution in [0, 0.1) is 0 Å². The Morgan fingerprint density at radius 1 is 1.26 bits per heavy atom. The fourth-order valence-corrected chi connectivity index (χ4v) is 1.59. The first-order valence-corrected chi connectivity index (χ1v) is 5.77. The number of nitrogens with two attached hydrogens (primary N) is 1. The maximum Gasteiger partial charge on any atom is 0.251 e. The number of nitrogen functional groups attached to an aromatic ring is 1. The highest BCUT2D eigenvalue weighted by Gasteiger charge is 2.04. The Morgan fingerprint density at radius 2 is 2.00 bits per heavy atom. The highest BCUT2D eigenvalue weighted by atomic mass is 16.2. The third kappa shape index (κ3) is 3.67. The van der Waals surface area contributed by atoms with E-state index in [1.54, 1.807) is 12.4 Å². The number of carbonyl (C=O) groups is 1. The van der Waals surface area contributed by atoms with Crippen LogP contribution in [0.25, 0.3) is 0 Å². The molecule has 98 valence electrons. The van der Waals surface area contributed by atoms with Gasteiger partial charge in [0.05, 0.1) is 0 Å². The summed E-state index contributed by atoms with van der Waals surface area (Å²) in [6.07, 6.45) is 4.77. The molecule has 3 N–H and O–H groups in total. The lowest BCUT2D eigenvalue weighted by Crippen LogP contribution is -2.31. The van der Waals surface area contributed by atoms with Crippen molar-refractivity contribution in [3.8, 4) is 0 Å². The van der Waals surface area contributed by atoms with Crippen LogP contribution in [0.15, 0.2) is 47.7 Å². The van der Waals surface area contributed by atoms with Gasteiger partial charge >= 0.3 is 0 Å². The van der Waals surface area contributed by atoms with Crippen LogP contribution in [0.4, 0.5) is 5.69 Å². The number of hydrogen-bond donors (Lipinski definition) is 2. The number of nitrogens with zero attached hydrogens (tertiary/aromatic N) is 2. The molecule has 2 rings (SSSR count). The van der Waals surface area contributed by atoms with Gasteiger partial charge in [0.1, 0.15) is 6.54 Å². The normalized spacial score (nSPS) is 10.1. The molecule has 0 aromatic carbocycles. The second-order valence-electron chi connectivity index (χ2n) is 4.06. The molecule has 1 amide bonds. The fraction of sp³-hybridized carbons (Fsp3) is 0.154. The third-order valence-electron chi connectivity index (χ3n) is 2.56. The van der Waals surface area contributed by atoms with Crippen molar-refractivity contribution in [1.82, 2.24) is 14.9 Å². The molecule has 6 heteroatoms. The van der Waals surface area contributed by atoms with Crippen molar-refractivity contribution in [2.75, 3.05) is 5.73 Å². The van der Waals surface area contributed by atoms with E-state index in [0.29, 0.717) is 12.2 Å². The van der Waals surface area contributed by atoms with E-state index in [1.807, 2.05) is 12.1 Å². The summed E-state index contributed by atoms with van der Waals surface area (Å²) in [5.74, 6) is -0.246. The SMILES string of the molecule is Nc1ccc(=O)n(CC(=O)NCc2ccncc2)c1. The molecule has 2 aromatic heterocycles. The summed E-state index contributed by atoms with van der Waals surface area (Å²) in [4.78, 5) is 27.1. The summed E-state index contributed by atoms with van der Waals surface area (Å²) in [5, 5.41) is 2.73. The molecule has 0 saturated carbocycles. The van der Waals surface area contributed by atoms with Gasteiger partial charge in [-0.2, -0.15) is 0 Å². The number of carbonyl (C=O) groups excluding carboxylic acids is 1. The lowest BCUT2D eigenvalue weighted by molar-refractivity contribution is -0.121. The topological polar surface area (TPSA) is 90.0 Å². The minimum Gasteiger partial charge on any atom is -0.398 e. The predicted octanol–water partition coefficient (Wildman–Crippen LogP) is 0.142. The lowest BCUT2D eigenvalue weighted by atomic mass is 10.3. The lowest BCUT2D eigenvalue weighted by Gasteiger charge is -2.07. The molecule has 0 bridgehead atoms. The molecule has 0 saturated heterocycles. The molecule has 0 aliphatic heterocycles. The highest BCUT2D eigenvalue weighted by Crippen LogP contribution is 1.97. The van der Waals surface area contributed by atoms with Crippen LogP contribution in [0.2, 0.25) is 0 Å². The van der Waals surface area contributed by atoms with E-state index in [0.717, 1.165) is 5.56 Å². The second-order valence-corrected chi connectivity index (χ2v) is 4.06. The molecule has 0 radical (unpaired) electrons. The van der Waals surface area contributed by atoms with E-state index in [4.69, 9.17) is 5.73 Å². The van der Waals surface area contributed by atoms with Crippen molar-refractivity contribution in [1.29, 1.82) is 0 Å². The van der Waals surface area contributed by atoms with Crippen LogP contribution < -0.4 is 16.6 Å². The van der Waals surface area contributed by atoms with Crippen LogP contribution in [0.1, 0.15) is 5.56 Å². The minimum atomic E-state index is -0.256. The van der Waals surface area contributed by atoms with Gasteiger partial charge in [0.2, 0.25) is 5.91 Å². The van der Waals surface area contributed by atoms with E-state index >= 15 is 0 Å². The van der Waals surface area contributed by atoms with E-state index < -0.39 is 0 Å².